The Morgan fingerprint density at radius 1 is 0.750 bits per heavy atom. The van der Waals surface area contributed by atoms with Crippen molar-refractivity contribution >= 4 is 52.7 Å². The van der Waals surface area contributed by atoms with E-state index in [0.717, 1.165) is 96.7 Å². The second-order valence-electron chi connectivity index (χ2n) is 14.8. The van der Waals surface area contributed by atoms with Gasteiger partial charge in [-0.15, -0.1) is 0 Å². The van der Waals surface area contributed by atoms with Gasteiger partial charge >= 0.3 is 23.9 Å². The van der Waals surface area contributed by atoms with Crippen molar-refractivity contribution in [2.75, 3.05) is 85.4 Å². The Morgan fingerprint density at radius 3 is 1.95 bits per heavy atom. The molecule has 1 aromatic carbocycles. The van der Waals surface area contributed by atoms with Gasteiger partial charge in [0.1, 0.15) is 17.9 Å². The van der Waals surface area contributed by atoms with E-state index < -0.39 is 42.4 Å². The molecule has 316 valence electrons. The molecular weight excluding hydrogens is 741 g/mol. The third kappa shape index (κ3) is 20.9. The molecule has 1 aliphatic heterocycles. The average Bonchev–Trinajstić information content (AvgIpc) is 3.14. The van der Waals surface area contributed by atoms with Crippen molar-refractivity contribution in [2.24, 2.45) is 0 Å². The summed E-state index contributed by atoms with van der Waals surface area (Å²) >= 11 is 5.52. The molecule has 1 heterocycles. The molecule has 0 bridgehead atoms. The molecule has 16 nitrogen and oxygen atoms in total. The first-order valence-corrected chi connectivity index (χ1v) is 20.3. The number of benzene rings is 1. The van der Waals surface area contributed by atoms with E-state index in [-0.39, 0.29) is 25.0 Å². The number of hydrogen-bond acceptors (Lipinski definition) is 10. The van der Waals surface area contributed by atoms with E-state index >= 15 is 0 Å². The Morgan fingerprint density at radius 2 is 1.32 bits per heavy atom. The van der Waals surface area contributed by atoms with Crippen LogP contribution in [0.2, 0.25) is 0 Å². The van der Waals surface area contributed by atoms with Gasteiger partial charge < -0.3 is 56.2 Å². The summed E-state index contributed by atoms with van der Waals surface area (Å²) in [5.74, 6) is -4.16. The number of thiocarbonyl (C=S) groups is 1. The molecule has 0 aliphatic carbocycles. The lowest BCUT2D eigenvalue weighted by Crippen LogP contribution is -2.51. The molecule has 1 saturated heterocycles. The molecule has 0 aromatic heterocycles. The number of aliphatic carboxylic acids is 3. The van der Waals surface area contributed by atoms with Gasteiger partial charge in [-0.1, -0.05) is 38.3 Å². The third-order valence-corrected chi connectivity index (χ3v) is 10.4. The number of amides is 2. The first-order chi connectivity index (χ1) is 26.7. The van der Waals surface area contributed by atoms with E-state index in [2.05, 4.69) is 93.2 Å². The summed E-state index contributed by atoms with van der Waals surface area (Å²) in [5, 5.41) is 38.7. The highest BCUT2D eigenvalue weighted by molar-refractivity contribution is 7.80. The first-order valence-electron chi connectivity index (χ1n) is 19.9. The molecule has 0 saturated carbocycles. The van der Waals surface area contributed by atoms with E-state index in [9.17, 15) is 34.2 Å². The van der Waals surface area contributed by atoms with Gasteiger partial charge in [0.25, 0.3) is 0 Å². The van der Waals surface area contributed by atoms with Crippen LogP contribution in [-0.4, -0.2) is 168 Å². The molecule has 2 amide bonds. The fraction of sp³-hybridized carbons (Fsp3) is 0.692. The van der Waals surface area contributed by atoms with Gasteiger partial charge in [-0.25, -0.2) is 14.4 Å². The highest BCUT2D eigenvalue weighted by Crippen LogP contribution is 2.15. The van der Waals surface area contributed by atoms with E-state index in [1.54, 1.807) is 0 Å². The predicted octanol–water partition coefficient (Wildman–Crippen LogP) is 2.78. The summed E-state index contributed by atoms with van der Waals surface area (Å²) in [6, 6.07) is 4.98. The van der Waals surface area contributed by atoms with Crippen LogP contribution in [0.1, 0.15) is 76.7 Å². The van der Waals surface area contributed by atoms with E-state index in [0.29, 0.717) is 24.0 Å². The average molecular weight is 807 g/mol. The lowest BCUT2D eigenvalue weighted by atomic mass is 10.0. The minimum absolute atomic E-state index is 0.0541. The Kier molecular flexibility index (Phi) is 23.1. The number of carboxylic acids is 3. The summed E-state index contributed by atoms with van der Waals surface area (Å²) in [7, 11) is 6.69. The number of ketones is 1. The highest BCUT2D eigenvalue weighted by Gasteiger charge is 2.25. The molecule has 0 spiro atoms. The molecule has 0 unspecified atom stereocenters. The number of carbonyl (C=O) groups is 5. The first kappa shape index (κ1) is 48.2. The summed E-state index contributed by atoms with van der Waals surface area (Å²) in [6.07, 6.45) is 4.54. The molecule has 2 rings (SSSR count). The number of urea groups is 1. The minimum Gasteiger partial charge on any atom is -0.481 e. The van der Waals surface area contributed by atoms with Gasteiger partial charge in [-0.3, -0.25) is 9.59 Å². The summed E-state index contributed by atoms with van der Waals surface area (Å²) in [6.45, 7) is 11.5. The molecule has 1 fully saturated rings. The second-order valence-corrected chi connectivity index (χ2v) is 15.3. The number of unbranched alkanes of at least 4 members (excludes halogenated alkanes) is 4. The Bertz CT molecular complexity index is 1390. The fourth-order valence-electron chi connectivity index (χ4n) is 6.41. The molecular formula is C39H66N8O8S. The SMILES string of the molecule is CCN1CCN(C)CCN(C)C[C@@H](Cc2ccc(NC(=S)NCCCCCCCC(=O)CC[C@H](NC(=O)N[C@@H](CCC(=O)O)C(=O)O)C(=O)O)cc2)N(C)CC1. The van der Waals surface area contributed by atoms with Crippen molar-refractivity contribution in [3.8, 4) is 0 Å². The Hall–Kier alpha value is -3.90. The quantitative estimate of drug-likeness (QED) is 0.0665. The van der Waals surface area contributed by atoms with E-state index in [4.69, 9.17) is 17.3 Å². The number of Topliss-reactive ketones (excluding diaryl/α,β-unsaturated/α-hetero) is 1. The minimum atomic E-state index is -1.49. The highest BCUT2D eigenvalue weighted by atomic mass is 32.1. The van der Waals surface area contributed by atoms with Crippen LogP contribution in [0.15, 0.2) is 24.3 Å². The fourth-order valence-corrected chi connectivity index (χ4v) is 6.63. The Balaban J connectivity index is 1.64. The van der Waals surface area contributed by atoms with Crippen molar-refractivity contribution in [2.45, 2.75) is 95.7 Å². The van der Waals surface area contributed by atoms with Crippen LogP contribution in [0.5, 0.6) is 0 Å². The van der Waals surface area contributed by atoms with Gasteiger partial charge in [0.05, 0.1) is 0 Å². The van der Waals surface area contributed by atoms with Crippen molar-refractivity contribution < 1.29 is 39.3 Å². The summed E-state index contributed by atoms with van der Waals surface area (Å²) < 4.78 is 0. The van der Waals surface area contributed by atoms with Crippen LogP contribution in [0.3, 0.4) is 0 Å². The largest absolute Gasteiger partial charge is 0.481 e. The molecule has 7 N–H and O–H groups in total. The van der Waals surface area contributed by atoms with Crippen molar-refractivity contribution in [3.63, 3.8) is 0 Å². The maximum Gasteiger partial charge on any atom is 0.326 e. The van der Waals surface area contributed by atoms with Crippen molar-refractivity contribution in [1.29, 1.82) is 0 Å². The van der Waals surface area contributed by atoms with Crippen LogP contribution >= 0.6 is 12.2 Å². The number of carbonyl (C=O) groups excluding carboxylic acids is 2. The monoisotopic (exact) mass is 806 g/mol. The number of rotatable bonds is 22. The standard InChI is InChI=1S/C39H66N8O8S/c1-5-47-25-23-44(2)21-22-45(3)28-31(46(4)24-26-47)27-29-12-14-30(15-13-29)41-39(56)40-20-10-8-6-7-9-11-32(48)16-17-33(36(51)52)42-38(55)43-34(37(53)54)18-19-35(49)50/h12-15,31,33-34H,5-11,16-28H2,1-4H3,(H,49,50)(H,51,52)(H,53,54)(H2,40,41,56)(H2,42,43,55)/t31-,33+,34+/m1/s1. The topological polar surface area (TPSA) is 207 Å². The zero-order valence-corrected chi connectivity index (χ0v) is 34.6. The lowest BCUT2D eigenvalue weighted by molar-refractivity contribution is -0.141. The number of nitrogens with one attached hydrogen (secondary N) is 4. The summed E-state index contributed by atoms with van der Waals surface area (Å²) in [5.41, 5.74) is 2.24. The van der Waals surface area contributed by atoms with Crippen LogP contribution < -0.4 is 21.3 Å². The predicted molar refractivity (Wildman–Crippen MR) is 221 cm³/mol. The third-order valence-electron chi connectivity index (χ3n) is 10.2. The molecule has 1 aliphatic rings. The zero-order valence-electron chi connectivity index (χ0n) is 33.8. The lowest BCUT2D eigenvalue weighted by Gasteiger charge is -2.35. The maximum atomic E-state index is 12.4. The molecule has 0 radical (unpaired) electrons. The second kappa shape index (κ2) is 26.9. The molecule has 1 aromatic rings. The maximum absolute atomic E-state index is 12.4. The zero-order chi connectivity index (χ0) is 41.5. The summed E-state index contributed by atoms with van der Waals surface area (Å²) in [4.78, 5) is 68.0. The number of carboxylic acid groups (broad SMARTS) is 3. The number of hydrogen-bond donors (Lipinski definition) is 7. The van der Waals surface area contributed by atoms with Crippen LogP contribution in [0.25, 0.3) is 0 Å². The number of nitrogens with zero attached hydrogens (tertiary/aromatic N) is 4. The van der Waals surface area contributed by atoms with Crippen molar-refractivity contribution in [1.82, 2.24) is 35.6 Å². The van der Waals surface area contributed by atoms with Gasteiger partial charge in [0.15, 0.2) is 5.11 Å². The number of likely N-dealkylation sites (N-methyl/N-ethyl adjacent to an activating group) is 4. The van der Waals surface area contributed by atoms with Gasteiger partial charge in [0.2, 0.25) is 0 Å². The van der Waals surface area contributed by atoms with Crippen molar-refractivity contribution in [3.05, 3.63) is 29.8 Å². The molecule has 3 atom stereocenters. The Labute approximate surface area is 337 Å². The smallest absolute Gasteiger partial charge is 0.326 e. The molecule has 56 heavy (non-hydrogen) atoms. The van der Waals surface area contributed by atoms with Crippen LogP contribution in [-0.2, 0) is 25.6 Å². The molecule has 17 heteroatoms. The normalized spacial score (nSPS) is 17.8. The van der Waals surface area contributed by atoms with E-state index in [1.165, 1.54) is 5.56 Å². The van der Waals surface area contributed by atoms with Crippen LogP contribution in [0.4, 0.5) is 10.5 Å². The number of anilines is 1. The van der Waals surface area contributed by atoms with Gasteiger partial charge in [-0.05, 0) is 89.7 Å². The van der Waals surface area contributed by atoms with Crippen LogP contribution in [0, 0.1) is 0 Å². The van der Waals surface area contributed by atoms with Gasteiger partial charge in [0, 0.05) is 83.3 Å². The van der Waals surface area contributed by atoms with E-state index in [1.807, 2.05) is 0 Å². The van der Waals surface area contributed by atoms with Gasteiger partial charge in [-0.2, -0.15) is 0 Å².